The van der Waals surface area contributed by atoms with Crippen LogP contribution in [0.25, 0.3) is 110 Å². The van der Waals surface area contributed by atoms with Crippen LogP contribution in [0.15, 0.2) is 167 Å². The molecule has 7 heteroatoms. The van der Waals surface area contributed by atoms with E-state index in [9.17, 15) is 0 Å². The molecule has 0 fully saturated rings. The summed E-state index contributed by atoms with van der Waals surface area (Å²) in [5.74, 6) is 2.47. The number of aromatic nitrogens is 4. The van der Waals surface area contributed by atoms with E-state index in [1.54, 1.807) is 11.3 Å². The van der Waals surface area contributed by atoms with Gasteiger partial charge in [0.15, 0.2) is 23.1 Å². The van der Waals surface area contributed by atoms with Gasteiger partial charge in [0.25, 0.3) is 0 Å². The third-order valence-corrected chi connectivity index (χ3v) is 10.9. The van der Waals surface area contributed by atoms with Crippen molar-refractivity contribution in [2.75, 3.05) is 0 Å². The summed E-state index contributed by atoms with van der Waals surface area (Å²) in [6, 6.07) is 53.5. The zero-order valence-electron chi connectivity index (χ0n) is 28.0. The molecule has 0 N–H and O–H groups in total. The fraction of sp³-hybridized carbons (Fsp3) is 0. The van der Waals surface area contributed by atoms with Gasteiger partial charge in [0.05, 0.1) is 0 Å². The second-order valence-electron chi connectivity index (χ2n) is 13.0. The Morgan fingerprint density at radius 1 is 0.396 bits per heavy atom. The van der Waals surface area contributed by atoms with Gasteiger partial charge in [-0.15, -0.1) is 11.3 Å². The summed E-state index contributed by atoms with van der Waals surface area (Å²) in [5.41, 5.74) is 9.21. The lowest BCUT2D eigenvalue weighted by atomic mass is 10.0. The van der Waals surface area contributed by atoms with Crippen LogP contribution in [0, 0.1) is 0 Å². The van der Waals surface area contributed by atoms with E-state index in [4.69, 9.17) is 28.8 Å². The molecule has 0 radical (unpaired) electrons. The Hall–Kier alpha value is -6.96. The molecule has 248 valence electrons. The molecule has 0 aliphatic carbocycles. The van der Waals surface area contributed by atoms with Crippen LogP contribution >= 0.6 is 11.3 Å². The van der Waals surface area contributed by atoms with Crippen LogP contribution in [-0.4, -0.2) is 19.9 Å². The molecule has 0 saturated heterocycles. The minimum atomic E-state index is 0.608. The van der Waals surface area contributed by atoms with Gasteiger partial charge in [-0.2, -0.15) is 0 Å². The third kappa shape index (κ3) is 4.93. The van der Waals surface area contributed by atoms with Crippen molar-refractivity contribution in [3.05, 3.63) is 158 Å². The van der Waals surface area contributed by atoms with Gasteiger partial charge >= 0.3 is 0 Å². The summed E-state index contributed by atoms with van der Waals surface area (Å²) in [6.07, 6.45) is 0. The summed E-state index contributed by atoms with van der Waals surface area (Å²) in [6.45, 7) is 0. The Morgan fingerprint density at radius 2 is 1.06 bits per heavy atom. The van der Waals surface area contributed by atoms with Gasteiger partial charge in [-0.1, -0.05) is 121 Å². The Morgan fingerprint density at radius 3 is 1.91 bits per heavy atom. The lowest BCUT2D eigenvalue weighted by Crippen LogP contribution is -2.00. The van der Waals surface area contributed by atoms with Crippen LogP contribution in [-0.2, 0) is 0 Å². The van der Waals surface area contributed by atoms with Gasteiger partial charge in [-0.25, -0.2) is 19.9 Å². The molecule has 0 spiro atoms. The molecule has 11 aromatic rings. The van der Waals surface area contributed by atoms with Crippen LogP contribution < -0.4 is 0 Å². The maximum absolute atomic E-state index is 6.34. The van der Waals surface area contributed by atoms with Gasteiger partial charge in [0.1, 0.15) is 16.7 Å². The molecular weight excluding hydrogens is 673 g/mol. The molecule has 0 amide bonds. The molecule has 0 atom stereocenters. The maximum atomic E-state index is 6.34. The monoisotopic (exact) mass is 698 g/mol. The molecule has 7 aromatic carbocycles. The van der Waals surface area contributed by atoms with Gasteiger partial charge in [-0.05, 0) is 42.0 Å². The molecule has 0 bridgehead atoms. The highest BCUT2D eigenvalue weighted by Crippen LogP contribution is 2.42. The highest BCUT2D eigenvalue weighted by atomic mass is 32.1. The van der Waals surface area contributed by atoms with E-state index in [-0.39, 0.29) is 0 Å². The Bertz CT molecular complexity index is 3150. The number of benzene rings is 7. The predicted octanol–water partition coefficient (Wildman–Crippen LogP) is 12.6. The SMILES string of the molecule is c1ccc(-c2nc(-c3ccc(-c4cccc5c4oc4ccccc45)cc3)nc(-c3cccc4sc5cc(-c6nc7ccccc7o6)ccc5c34)n2)cc1. The lowest BCUT2D eigenvalue weighted by Gasteiger charge is -2.10. The maximum Gasteiger partial charge on any atom is 0.227 e. The fourth-order valence-electron chi connectivity index (χ4n) is 7.26. The smallest absolute Gasteiger partial charge is 0.227 e. The number of hydrogen-bond acceptors (Lipinski definition) is 7. The van der Waals surface area contributed by atoms with Gasteiger partial charge < -0.3 is 8.83 Å². The lowest BCUT2D eigenvalue weighted by molar-refractivity contribution is 0.620. The molecule has 0 aliphatic rings. The molecule has 4 aromatic heterocycles. The first-order valence-corrected chi connectivity index (χ1v) is 18.2. The Kier molecular flexibility index (Phi) is 6.62. The normalized spacial score (nSPS) is 11.8. The largest absolute Gasteiger partial charge is 0.455 e. The van der Waals surface area contributed by atoms with Crippen molar-refractivity contribution in [2.45, 2.75) is 0 Å². The zero-order chi connectivity index (χ0) is 34.9. The first-order valence-electron chi connectivity index (χ1n) is 17.4. The highest BCUT2D eigenvalue weighted by Gasteiger charge is 2.19. The Labute approximate surface area is 306 Å². The van der Waals surface area contributed by atoms with Crippen molar-refractivity contribution in [2.24, 2.45) is 0 Å². The van der Waals surface area contributed by atoms with Crippen molar-refractivity contribution in [1.29, 1.82) is 0 Å². The van der Waals surface area contributed by atoms with E-state index < -0.39 is 0 Å². The topological polar surface area (TPSA) is 77.8 Å². The van der Waals surface area contributed by atoms with E-state index in [1.807, 2.05) is 72.8 Å². The average Bonchev–Trinajstić information content (AvgIpc) is 3.94. The van der Waals surface area contributed by atoms with E-state index in [1.165, 1.54) is 0 Å². The number of thiophene rings is 1. The predicted molar refractivity (Wildman–Crippen MR) is 215 cm³/mol. The minimum Gasteiger partial charge on any atom is -0.455 e. The molecule has 6 nitrogen and oxygen atoms in total. The van der Waals surface area contributed by atoms with E-state index in [0.717, 1.165) is 86.6 Å². The van der Waals surface area contributed by atoms with Gasteiger partial charge in [0.2, 0.25) is 5.89 Å². The summed E-state index contributed by atoms with van der Waals surface area (Å²) >= 11 is 1.74. The van der Waals surface area contributed by atoms with Crippen LogP contribution in [0.1, 0.15) is 0 Å². The standard InChI is InChI=1S/C46H26N4O2S/c1-2-10-28(11-3-1)43-48-44(29-22-20-27(21-23-29)31-13-8-14-33-32-12-4-6-17-37(32)51-42(31)33)50-45(49-43)35-15-9-19-39-41(35)34-25-24-30(26-40(34)53-39)46-47-36-16-5-7-18-38(36)52-46/h1-26H. The van der Waals surface area contributed by atoms with E-state index in [2.05, 4.69) is 84.9 Å². The number of nitrogens with zero attached hydrogens (tertiary/aromatic N) is 4. The second kappa shape index (κ2) is 11.8. The number of rotatable bonds is 5. The summed E-state index contributed by atoms with van der Waals surface area (Å²) < 4.78 is 14.7. The van der Waals surface area contributed by atoms with Crippen molar-refractivity contribution in [3.63, 3.8) is 0 Å². The van der Waals surface area contributed by atoms with Crippen LogP contribution in [0.5, 0.6) is 0 Å². The molecule has 11 rings (SSSR count). The molecule has 53 heavy (non-hydrogen) atoms. The number of furan rings is 1. The second-order valence-corrected chi connectivity index (χ2v) is 14.1. The Balaban J connectivity index is 1.04. The summed E-state index contributed by atoms with van der Waals surface area (Å²) in [4.78, 5) is 20.0. The quantitative estimate of drug-likeness (QED) is 0.178. The summed E-state index contributed by atoms with van der Waals surface area (Å²) in [7, 11) is 0. The van der Waals surface area contributed by atoms with E-state index >= 15 is 0 Å². The van der Waals surface area contributed by atoms with Gasteiger partial charge in [0, 0.05) is 58.8 Å². The van der Waals surface area contributed by atoms with Gasteiger partial charge in [-0.3, -0.25) is 0 Å². The molecule has 0 saturated carbocycles. The summed E-state index contributed by atoms with van der Waals surface area (Å²) in [5, 5.41) is 4.47. The third-order valence-electron chi connectivity index (χ3n) is 9.80. The molecule has 0 aliphatic heterocycles. The number of para-hydroxylation sites is 4. The van der Waals surface area contributed by atoms with Crippen molar-refractivity contribution in [1.82, 2.24) is 19.9 Å². The number of hydrogen-bond donors (Lipinski definition) is 0. The van der Waals surface area contributed by atoms with Crippen LogP contribution in [0.4, 0.5) is 0 Å². The van der Waals surface area contributed by atoms with Crippen molar-refractivity contribution < 1.29 is 8.83 Å². The molecule has 4 heterocycles. The zero-order valence-corrected chi connectivity index (χ0v) is 28.8. The average molecular weight is 699 g/mol. The first-order chi connectivity index (χ1) is 26.2. The first kappa shape index (κ1) is 29.7. The number of oxazole rings is 1. The molecular formula is C46H26N4O2S. The molecule has 0 unspecified atom stereocenters. The number of fused-ring (bicyclic) bond motifs is 7. The minimum absolute atomic E-state index is 0.608. The van der Waals surface area contributed by atoms with Crippen LogP contribution in [0.3, 0.4) is 0 Å². The fourth-order valence-corrected chi connectivity index (χ4v) is 8.43. The van der Waals surface area contributed by atoms with Crippen LogP contribution in [0.2, 0.25) is 0 Å². The van der Waals surface area contributed by atoms with E-state index in [0.29, 0.717) is 23.4 Å². The highest BCUT2D eigenvalue weighted by molar-refractivity contribution is 7.26. The van der Waals surface area contributed by atoms with Crippen molar-refractivity contribution in [3.8, 4) is 56.7 Å². The van der Waals surface area contributed by atoms with Crippen molar-refractivity contribution >= 4 is 64.5 Å².